The summed E-state index contributed by atoms with van der Waals surface area (Å²) in [6, 6.07) is 13.1. The molecule has 8 heteroatoms. The predicted octanol–water partition coefficient (Wildman–Crippen LogP) is 2.24. The van der Waals surface area contributed by atoms with Crippen LogP contribution in [-0.4, -0.2) is 46.1 Å². The number of aromatic nitrogens is 3. The fraction of sp³-hybridized carbons (Fsp3) is 0.250. The molecule has 3 aromatic rings. The lowest BCUT2D eigenvalue weighted by Crippen LogP contribution is -2.47. The number of para-hydroxylation sites is 1. The van der Waals surface area contributed by atoms with Crippen LogP contribution in [0.15, 0.2) is 61.1 Å². The molecule has 1 unspecified atom stereocenters. The number of nitrogens with one attached hydrogen (secondary N) is 1. The summed E-state index contributed by atoms with van der Waals surface area (Å²) in [6.45, 7) is 1.76. The van der Waals surface area contributed by atoms with E-state index in [0.717, 1.165) is 5.69 Å². The molecular weight excluding hydrogens is 376 g/mol. The molecule has 1 amide bonds. The third kappa shape index (κ3) is 3.68. The van der Waals surface area contributed by atoms with Gasteiger partial charge in [0.05, 0.1) is 28.3 Å². The van der Waals surface area contributed by atoms with Crippen molar-refractivity contribution in [2.45, 2.75) is 18.9 Å². The van der Waals surface area contributed by atoms with Crippen molar-refractivity contribution in [2.24, 2.45) is 0 Å². The molecule has 0 bridgehead atoms. The first-order chi connectivity index (χ1) is 13.4. The zero-order chi connectivity index (χ0) is 19.8. The number of sulfone groups is 1. The van der Waals surface area contributed by atoms with Crippen LogP contribution in [0.5, 0.6) is 0 Å². The van der Waals surface area contributed by atoms with E-state index >= 15 is 0 Å². The molecule has 1 aliphatic rings. The van der Waals surface area contributed by atoms with Crippen molar-refractivity contribution in [3.63, 3.8) is 0 Å². The number of amides is 1. The van der Waals surface area contributed by atoms with Gasteiger partial charge in [0.25, 0.3) is 5.91 Å². The van der Waals surface area contributed by atoms with E-state index in [1.54, 1.807) is 36.3 Å². The second-order valence-corrected chi connectivity index (χ2v) is 9.45. The van der Waals surface area contributed by atoms with Gasteiger partial charge in [-0.05, 0) is 37.6 Å². The fourth-order valence-electron chi connectivity index (χ4n) is 3.42. The van der Waals surface area contributed by atoms with Crippen molar-refractivity contribution >= 4 is 15.7 Å². The average Bonchev–Trinajstić information content (AvgIpc) is 3.24. The van der Waals surface area contributed by atoms with Crippen molar-refractivity contribution in [3.8, 4) is 16.9 Å². The van der Waals surface area contributed by atoms with Gasteiger partial charge in [-0.15, -0.1) is 0 Å². The number of pyridine rings is 1. The van der Waals surface area contributed by atoms with E-state index in [0.29, 0.717) is 23.2 Å². The number of carbonyl (C=O) groups excluding carboxylic acids is 1. The Balaban J connectivity index is 1.73. The quantitative estimate of drug-likeness (QED) is 0.730. The standard InChI is InChI=1S/C20H20N4O3S/c1-20(9-11-28(26,27)14-20)22-19(25)17-13-24(16-7-3-2-4-8-16)23-18(17)15-6-5-10-21-12-15/h2-8,10,12-13H,9,11,14H2,1H3,(H,22,25). The number of rotatable bonds is 4. The van der Waals surface area contributed by atoms with Crippen LogP contribution in [0.2, 0.25) is 0 Å². The molecule has 4 rings (SSSR count). The van der Waals surface area contributed by atoms with E-state index in [4.69, 9.17) is 0 Å². The van der Waals surface area contributed by atoms with Crippen molar-refractivity contribution < 1.29 is 13.2 Å². The molecule has 1 N–H and O–H groups in total. The van der Waals surface area contributed by atoms with Gasteiger partial charge in [0.1, 0.15) is 5.69 Å². The van der Waals surface area contributed by atoms with Gasteiger partial charge in [-0.2, -0.15) is 5.10 Å². The molecule has 7 nitrogen and oxygen atoms in total. The first-order valence-electron chi connectivity index (χ1n) is 8.94. The first-order valence-corrected chi connectivity index (χ1v) is 10.8. The SMILES string of the molecule is CC1(NC(=O)c2cn(-c3ccccc3)nc2-c2cccnc2)CCS(=O)(=O)C1. The molecule has 3 heterocycles. The molecule has 0 saturated carbocycles. The van der Waals surface area contributed by atoms with E-state index < -0.39 is 15.4 Å². The summed E-state index contributed by atoms with van der Waals surface area (Å²) < 4.78 is 25.4. The molecule has 0 radical (unpaired) electrons. The molecule has 0 spiro atoms. The van der Waals surface area contributed by atoms with Crippen molar-refractivity contribution in [3.05, 3.63) is 66.6 Å². The topological polar surface area (TPSA) is 93.9 Å². The highest BCUT2D eigenvalue weighted by Gasteiger charge is 2.40. The Bertz CT molecular complexity index is 1110. The highest BCUT2D eigenvalue weighted by Crippen LogP contribution is 2.26. The molecule has 1 saturated heterocycles. The van der Waals surface area contributed by atoms with Crippen LogP contribution >= 0.6 is 0 Å². The van der Waals surface area contributed by atoms with Crippen LogP contribution in [0, 0.1) is 0 Å². The summed E-state index contributed by atoms with van der Waals surface area (Å²) in [4.78, 5) is 17.2. The number of benzene rings is 1. The van der Waals surface area contributed by atoms with E-state index in [1.165, 1.54) is 0 Å². The van der Waals surface area contributed by atoms with E-state index in [9.17, 15) is 13.2 Å². The Morgan fingerprint density at radius 1 is 1.18 bits per heavy atom. The zero-order valence-corrected chi connectivity index (χ0v) is 16.2. The van der Waals surface area contributed by atoms with Gasteiger partial charge in [-0.25, -0.2) is 13.1 Å². The Hall–Kier alpha value is -3.00. The number of hydrogen-bond acceptors (Lipinski definition) is 5. The van der Waals surface area contributed by atoms with Crippen molar-refractivity contribution in [1.29, 1.82) is 0 Å². The molecular formula is C20H20N4O3S. The van der Waals surface area contributed by atoms with Crippen LogP contribution in [-0.2, 0) is 9.84 Å². The summed E-state index contributed by atoms with van der Waals surface area (Å²) in [5, 5.41) is 7.51. The molecule has 28 heavy (non-hydrogen) atoms. The third-order valence-corrected chi connectivity index (χ3v) is 6.74. The fourth-order valence-corrected chi connectivity index (χ4v) is 5.51. The Labute approximate surface area is 163 Å². The van der Waals surface area contributed by atoms with E-state index in [1.807, 2.05) is 36.4 Å². The molecule has 1 fully saturated rings. The van der Waals surface area contributed by atoms with Crippen molar-refractivity contribution in [2.75, 3.05) is 11.5 Å². The minimum Gasteiger partial charge on any atom is -0.346 e. The molecule has 144 valence electrons. The van der Waals surface area contributed by atoms with Crippen LogP contribution in [0.4, 0.5) is 0 Å². The average molecular weight is 396 g/mol. The van der Waals surface area contributed by atoms with Crippen LogP contribution in [0.1, 0.15) is 23.7 Å². The number of nitrogens with zero attached hydrogens (tertiary/aromatic N) is 3. The number of carbonyl (C=O) groups is 1. The maximum atomic E-state index is 13.1. The predicted molar refractivity (Wildman–Crippen MR) is 106 cm³/mol. The minimum atomic E-state index is -3.13. The second-order valence-electron chi connectivity index (χ2n) is 7.27. The Morgan fingerprint density at radius 2 is 1.96 bits per heavy atom. The lowest BCUT2D eigenvalue weighted by atomic mass is 10.0. The van der Waals surface area contributed by atoms with Crippen LogP contribution in [0.25, 0.3) is 16.9 Å². The van der Waals surface area contributed by atoms with Gasteiger partial charge >= 0.3 is 0 Å². The first kappa shape index (κ1) is 18.4. The zero-order valence-electron chi connectivity index (χ0n) is 15.4. The maximum Gasteiger partial charge on any atom is 0.255 e. The van der Waals surface area contributed by atoms with Crippen molar-refractivity contribution in [1.82, 2.24) is 20.1 Å². The monoisotopic (exact) mass is 396 g/mol. The van der Waals surface area contributed by atoms with E-state index in [2.05, 4.69) is 15.4 Å². The summed E-state index contributed by atoms with van der Waals surface area (Å²) in [5.74, 6) is -0.316. The summed E-state index contributed by atoms with van der Waals surface area (Å²) in [6.07, 6.45) is 5.37. The van der Waals surface area contributed by atoms with Gasteiger partial charge in [0.2, 0.25) is 0 Å². The summed E-state index contributed by atoms with van der Waals surface area (Å²) >= 11 is 0. The third-order valence-electron chi connectivity index (χ3n) is 4.83. The molecule has 1 aromatic carbocycles. The molecule has 1 aliphatic heterocycles. The molecule has 2 aromatic heterocycles. The largest absolute Gasteiger partial charge is 0.346 e. The number of hydrogen-bond donors (Lipinski definition) is 1. The van der Waals surface area contributed by atoms with Crippen LogP contribution < -0.4 is 5.32 Å². The Morgan fingerprint density at radius 3 is 2.61 bits per heavy atom. The highest BCUT2D eigenvalue weighted by molar-refractivity contribution is 7.91. The molecule has 0 aliphatic carbocycles. The smallest absolute Gasteiger partial charge is 0.255 e. The normalized spacial score (nSPS) is 20.8. The van der Waals surface area contributed by atoms with Gasteiger partial charge in [-0.1, -0.05) is 18.2 Å². The van der Waals surface area contributed by atoms with Gasteiger partial charge in [0.15, 0.2) is 9.84 Å². The van der Waals surface area contributed by atoms with E-state index in [-0.39, 0.29) is 17.4 Å². The van der Waals surface area contributed by atoms with Crippen LogP contribution in [0.3, 0.4) is 0 Å². The van der Waals surface area contributed by atoms with Gasteiger partial charge in [-0.3, -0.25) is 9.78 Å². The molecule has 1 atom stereocenters. The van der Waals surface area contributed by atoms with Gasteiger partial charge < -0.3 is 5.32 Å². The summed E-state index contributed by atoms with van der Waals surface area (Å²) in [7, 11) is -3.13. The highest BCUT2D eigenvalue weighted by atomic mass is 32.2. The summed E-state index contributed by atoms with van der Waals surface area (Å²) in [5.41, 5.74) is 1.63. The maximum absolute atomic E-state index is 13.1. The van der Waals surface area contributed by atoms with Gasteiger partial charge in [0, 0.05) is 24.2 Å². The second kappa shape index (κ2) is 6.87. The minimum absolute atomic E-state index is 0.0548. The Kier molecular flexibility index (Phi) is 4.50. The lowest BCUT2D eigenvalue weighted by molar-refractivity contribution is 0.0916. The lowest BCUT2D eigenvalue weighted by Gasteiger charge is -2.23.